The first-order valence-corrected chi connectivity index (χ1v) is 11.6. The monoisotopic (exact) mass is 458 g/mol. The van der Waals surface area contributed by atoms with Gasteiger partial charge in [0.05, 0.1) is 13.2 Å². The van der Waals surface area contributed by atoms with Crippen LogP contribution in [0.2, 0.25) is 0 Å². The minimum Gasteiger partial charge on any atom is -0.494 e. The number of ether oxygens (including phenoxy) is 2. The number of unbranched alkanes of at least 4 members (excludes halogenated alkanes) is 3. The highest BCUT2D eigenvalue weighted by atomic mass is 19.1. The molecule has 0 N–H and O–H groups in total. The Hall–Kier alpha value is -3.50. The van der Waals surface area contributed by atoms with E-state index < -0.39 is 0 Å². The maximum Gasteiger partial charge on any atom is 0.185 e. The Labute approximate surface area is 201 Å². The summed E-state index contributed by atoms with van der Waals surface area (Å²) >= 11 is 0. The molecule has 0 aromatic heterocycles. The van der Waals surface area contributed by atoms with Crippen molar-refractivity contribution in [2.75, 3.05) is 13.2 Å². The molecule has 0 atom stereocenters. The first-order valence-electron chi connectivity index (χ1n) is 11.6. The molecule has 0 amide bonds. The molecule has 0 aliphatic heterocycles. The highest BCUT2D eigenvalue weighted by Crippen LogP contribution is 2.15. The molecule has 0 saturated heterocycles. The van der Waals surface area contributed by atoms with E-state index >= 15 is 0 Å². The molecule has 0 spiro atoms. The van der Waals surface area contributed by atoms with Crippen LogP contribution in [0, 0.1) is 5.82 Å². The van der Waals surface area contributed by atoms with E-state index in [4.69, 9.17) is 9.47 Å². The lowest BCUT2D eigenvalue weighted by Gasteiger charge is -2.07. The number of carbonyl (C=O) groups excluding carboxylic acids is 1. The van der Waals surface area contributed by atoms with Gasteiger partial charge in [-0.1, -0.05) is 61.5 Å². The predicted molar refractivity (Wildman–Crippen MR) is 136 cm³/mol. The van der Waals surface area contributed by atoms with Gasteiger partial charge in [-0.2, -0.15) is 0 Å². The molecule has 0 unspecified atom stereocenters. The van der Waals surface area contributed by atoms with Crippen LogP contribution in [-0.4, -0.2) is 19.0 Å². The minimum atomic E-state index is -0.355. The van der Waals surface area contributed by atoms with E-state index in [-0.39, 0.29) is 11.6 Å². The molecule has 0 heterocycles. The fourth-order valence-electron chi connectivity index (χ4n) is 3.35. The molecule has 0 aliphatic rings. The molecule has 3 nitrogen and oxygen atoms in total. The topological polar surface area (TPSA) is 35.5 Å². The fraction of sp³-hybridized carbons (Fsp3) is 0.233. The Balaban J connectivity index is 1.25. The SMILES string of the molecule is C=Cc1ccc(COCCCCCCOc2ccc(C=CC(=O)c3ccc(F)cc3)cc2)cc1. The first-order chi connectivity index (χ1) is 16.6. The summed E-state index contributed by atoms with van der Waals surface area (Å²) in [6.07, 6.45) is 9.33. The van der Waals surface area contributed by atoms with E-state index in [1.807, 2.05) is 42.5 Å². The summed E-state index contributed by atoms with van der Waals surface area (Å²) in [4.78, 5) is 12.1. The van der Waals surface area contributed by atoms with Gasteiger partial charge in [0.15, 0.2) is 5.78 Å². The van der Waals surface area contributed by atoms with Crippen molar-refractivity contribution in [1.82, 2.24) is 0 Å². The zero-order chi connectivity index (χ0) is 24.0. The number of hydrogen-bond donors (Lipinski definition) is 0. The Morgan fingerprint density at radius 2 is 1.44 bits per heavy atom. The molecule has 3 rings (SSSR count). The fourth-order valence-corrected chi connectivity index (χ4v) is 3.35. The van der Waals surface area contributed by atoms with Crippen LogP contribution in [0.4, 0.5) is 4.39 Å². The summed E-state index contributed by atoms with van der Waals surface area (Å²) in [7, 11) is 0. The Morgan fingerprint density at radius 1 is 0.794 bits per heavy atom. The quantitative estimate of drug-likeness (QED) is 0.142. The molecule has 176 valence electrons. The maximum absolute atomic E-state index is 13.0. The van der Waals surface area contributed by atoms with Crippen molar-refractivity contribution in [1.29, 1.82) is 0 Å². The highest BCUT2D eigenvalue weighted by molar-refractivity contribution is 6.06. The van der Waals surface area contributed by atoms with E-state index in [1.165, 1.54) is 35.9 Å². The third-order valence-corrected chi connectivity index (χ3v) is 5.37. The zero-order valence-electron chi connectivity index (χ0n) is 19.4. The lowest BCUT2D eigenvalue weighted by Crippen LogP contribution is -1.99. The lowest BCUT2D eigenvalue weighted by molar-refractivity contribution is 0.104. The van der Waals surface area contributed by atoms with Gasteiger partial charge < -0.3 is 9.47 Å². The van der Waals surface area contributed by atoms with Crippen LogP contribution < -0.4 is 4.74 Å². The van der Waals surface area contributed by atoms with Gasteiger partial charge >= 0.3 is 0 Å². The van der Waals surface area contributed by atoms with Gasteiger partial charge in [-0.05, 0) is 78.4 Å². The summed E-state index contributed by atoms with van der Waals surface area (Å²) in [5.41, 5.74) is 3.66. The van der Waals surface area contributed by atoms with Crippen LogP contribution >= 0.6 is 0 Å². The number of hydrogen-bond acceptors (Lipinski definition) is 3. The molecule has 4 heteroatoms. The second kappa shape index (κ2) is 13.9. The Morgan fingerprint density at radius 3 is 2.12 bits per heavy atom. The van der Waals surface area contributed by atoms with Crippen molar-refractivity contribution in [2.24, 2.45) is 0 Å². The average Bonchev–Trinajstić information content (AvgIpc) is 2.87. The van der Waals surface area contributed by atoms with Gasteiger partial charge in [0.1, 0.15) is 11.6 Å². The summed E-state index contributed by atoms with van der Waals surface area (Å²) in [5.74, 6) is 0.299. The molecule has 0 aliphatic carbocycles. The summed E-state index contributed by atoms with van der Waals surface area (Å²) in [6.45, 7) is 5.85. The van der Waals surface area contributed by atoms with Crippen molar-refractivity contribution in [3.8, 4) is 5.75 Å². The number of carbonyl (C=O) groups is 1. The molecule has 3 aromatic carbocycles. The average molecular weight is 459 g/mol. The van der Waals surface area contributed by atoms with E-state index in [0.29, 0.717) is 18.8 Å². The minimum absolute atomic E-state index is 0.159. The molecule has 0 saturated carbocycles. The smallest absolute Gasteiger partial charge is 0.185 e. The number of ketones is 1. The van der Waals surface area contributed by atoms with Crippen LogP contribution in [0.25, 0.3) is 12.2 Å². The van der Waals surface area contributed by atoms with Gasteiger partial charge in [-0.25, -0.2) is 4.39 Å². The summed E-state index contributed by atoms with van der Waals surface area (Å²) in [6, 6.07) is 21.4. The second-order valence-corrected chi connectivity index (χ2v) is 8.03. The van der Waals surface area contributed by atoms with Crippen LogP contribution in [-0.2, 0) is 11.3 Å². The van der Waals surface area contributed by atoms with Crippen LogP contribution in [0.15, 0.2) is 85.5 Å². The number of halogens is 1. The van der Waals surface area contributed by atoms with Crippen LogP contribution in [0.1, 0.15) is 52.7 Å². The van der Waals surface area contributed by atoms with Gasteiger partial charge in [-0.3, -0.25) is 4.79 Å². The third-order valence-electron chi connectivity index (χ3n) is 5.37. The van der Waals surface area contributed by atoms with Crippen LogP contribution in [0.5, 0.6) is 5.75 Å². The molecule has 3 aromatic rings. The van der Waals surface area contributed by atoms with Gasteiger partial charge in [0.2, 0.25) is 0 Å². The normalized spacial score (nSPS) is 11.0. The highest BCUT2D eigenvalue weighted by Gasteiger charge is 2.02. The Bertz CT molecular complexity index is 1050. The van der Waals surface area contributed by atoms with Gasteiger partial charge in [0.25, 0.3) is 0 Å². The number of allylic oxidation sites excluding steroid dienone is 1. The first kappa shape index (κ1) is 25.1. The third kappa shape index (κ3) is 8.80. The van der Waals surface area contributed by atoms with Crippen molar-refractivity contribution in [3.05, 3.63) is 114 Å². The van der Waals surface area contributed by atoms with Crippen molar-refractivity contribution >= 4 is 17.9 Å². The van der Waals surface area contributed by atoms with E-state index in [1.54, 1.807) is 6.08 Å². The van der Waals surface area contributed by atoms with Gasteiger partial charge in [0, 0.05) is 12.2 Å². The zero-order valence-corrected chi connectivity index (χ0v) is 19.4. The largest absolute Gasteiger partial charge is 0.494 e. The van der Waals surface area contributed by atoms with E-state index in [9.17, 15) is 9.18 Å². The van der Waals surface area contributed by atoms with Crippen molar-refractivity contribution in [3.63, 3.8) is 0 Å². The standard InChI is InChI=1S/C30H31FO3/c1-2-24-7-9-26(10-8-24)23-33-21-5-3-4-6-22-34-29-18-11-25(12-19-29)13-20-30(32)27-14-16-28(31)17-15-27/h2,7-20H,1,3-6,21-23H2. The van der Waals surface area contributed by atoms with E-state index in [0.717, 1.165) is 49.2 Å². The van der Waals surface area contributed by atoms with Crippen molar-refractivity contribution < 1.29 is 18.7 Å². The lowest BCUT2D eigenvalue weighted by atomic mass is 10.1. The summed E-state index contributed by atoms with van der Waals surface area (Å²) < 4.78 is 24.5. The van der Waals surface area contributed by atoms with E-state index in [2.05, 4.69) is 18.7 Å². The predicted octanol–water partition coefficient (Wildman–Crippen LogP) is 7.52. The molecular formula is C30H31FO3. The molecular weight excluding hydrogens is 427 g/mol. The Kier molecular flexibility index (Phi) is 10.3. The number of rotatable bonds is 14. The van der Waals surface area contributed by atoms with Gasteiger partial charge in [-0.15, -0.1) is 0 Å². The maximum atomic E-state index is 13.0. The molecule has 0 fully saturated rings. The molecule has 34 heavy (non-hydrogen) atoms. The number of benzene rings is 3. The van der Waals surface area contributed by atoms with Crippen LogP contribution in [0.3, 0.4) is 0 Å². The van der Waals surface area contributed by atoms with Crippen molar-refractivity contribution in [2.45, 2.75) is 32.3 Å². The molecule has 0 radical (unpaired) electrons. The second-order valence-electron chi connectivity index (χ2n) is 8.03. The molecule has 0 bridgehead atoms. The summed E-state index contributed by atoms with van der Waals surface area (Å²) in [5, 5.41) is 0.